The van der Waals surface area contributed by atoms with Crippen molar-refractivity contribution in [1.82, 2.24) is 0 Å². The van der Waals surface area contributed by atoms with Gasteiger partial charge in [-0.25, -0.2) is 4.57 Å². The number of phosphoric ester groups is 1. The van der Waals surface area contributed by atoms with E-state index in [2.05, 4.69) is 10.0 Å². The lowest BCUT2D eigenvalue weighted by Crippen LogP contribution is -2.37. The molecule has 0 aliphatic heterocycles. The van der Waals surface area contributed by atoms with E-state index in [-0.39, 0.29) is 13.2 Å². The highest BCUT2D eigenvalue weighted by atomic mass is 31.2. The van der Waals surface area contributed by atoms with Crippen LogP contribution < -0.4 is 0 Å². The molecule has 1 unspecified atom stereocenters. The van der Waals surface area contributed by atoms with Crippen LogP contribution in [-0.4, -0.2) is 56.8 Å². The molecular weight excluding hydrogens is 271 g/mol. The van der Waals surface area contributed by atoms with Crippen molar-refractivity contribution in [1.29, 1.82) is 0 Å². The van der Waals surface area contributed by atoms with E-state index in [9.17, 15) is 9.46 Å². The first-order chi connectivity index (χ1) is 8.77. The summed E-state index contributed by atoms with van der Waals surface area (Å²) >= 11 is 0. The molecule has 0 aromatic rings. The van der Waals surface area contributed by atoms with Gasteiger partial charge in [0.1, 0.15) is 13.2 Å². The maximum absolute atomic E-state index is 11.5. The van der Waals surface area contributed by atoms with Crippen LogP contribution in [0.2, 0.25) is 0 Å². The van der Waals surface area contributed by atoms with E-state index in [1.165, 1.54) is 0 Å². The summed E-state index contributed by atoms with van der Waals surface area (Å²) in [5.74, 6) is 0. The van der Waals surface area contributed by atoms with Crippen LogP contribution in [0.3, 0.4) is 0 Å². The van der Waals surface area contributed by atoms with Crippen molar-refractivity contribution in [2.75, 3.05) is 47.4 Å². The standard InChI is InChI=1S/C10H23N4O4P/c1-14(2,3)8-10-18-19(15,16)17-9-6-4-5-7-12-13-11/h4-10H2,1-3H3/p+1. The van der Waals surface area contributed by atoms with Crippen LogP contribution in [0.5, 0.6) is 0 Å². The highest BCUT2D eigenvalue weighted by Gasteiger charge is 2.21. The second-order valence-corrected chi connectivity index (χ2v) is 6.62. The molecule has 0 saturated carbocycles. The lowest BCUT2D eigenvalue weighted by molar-refractivity contribution is -0.870. The Labute approximate surface area is 114 Å². The van der Waals surface area contributed by atoms with E-state index in [4.69, 9.17) is 14.6 Å². The van der Waals surface area contributed by atoms with Crippen LogP contribution in [0.15, 0.2) is 5.11 Å². The van der Waals surface area contributed by atoms with Crippen LogP contribution in [0.4, 0.5) is 0 Å². The molecule has 0 aromatic carbocycles. The minimum atomic E-state index is -3.93. The van der Waals surface area contributed by atoms with Crippen LogP contribution in [0.25, 0.3) is 10.4 Å². The molecular formula is C10H24N4O4P+. The van der Waals surface area contributed by atoms with E-state index in [0.29, 0.717) is 24.0 Å². The fraction of sp³-hybridized carbons (Fsp3) is 1.00. The Balaban J connectivity index is 3.62. The van der Waals surface area contributed by atoms with E-state index < -0.39 is 7.82 Å². The van der Waals surface area contributed by atoms with Crippen molar-refractivity contribution in [3.8, 4) is 0 Å². The van der Waals surface area contributed by atoms with Gasteiger partial charge in [0.25, 0.3) is 0 Å². The van der Waals surface area contributed by atoms with Gasteiger partial charge in [0, 0.05) is 11.5 Å². The van der Waals surface area contributed by atoms with Gasteiger partial charge in [0.2, 0.25) is 0 Å². The Hall–Kier alpha value is -0.620. The van der Waals surface area contributed by atoms with E-state index >= 15 is 0 Å². The fourth-order valence-electron chi connectivity index (χ4n) is 1.15. The Morgan fingerprint density at radius 3 is 2.42 bits per heavy atom. The Morgan fingerprint density at radius 2 is 1.84 bits per heavy atom. The molecule has 19 heavy (non-hydrogen) atoms. The van der Waals surface area contributed by atoms with Gasteiger partial charge in [-0.1, -0.05) is 11.5 Å². The number of hydrogen-bond donors (Lipinski definition) is 1. The number of nitrogens with zero attached hydrogens (tertiary/aromatic N) is 4. The molecule has 0 aliphatic rings. The van der Waals surface area contributed by atoms with Crippen LogP contribution in [0, 0.1) is 0 Å². The normalized spacial score (nSPS) is 14.7. The average molecular weight is 295 g/mol. The summed E-state index contributed by atoms with van der Waals surface area (Å²) in [4.78, 5) is 12.0. The quantitative estimate of drug-likeness (QED) is 0.158. The highest BCUT2D eigenvalue weighted by Crippen LogP contribution is 2.43. The van der Waals surface area contributed by atoms with Crippen LogP contribution in [0.1, 0.15) is 19.3 Å². The molecule has 9 heteroatoms. The average Bonchev–Trinajstić information content (AvgIpc) is 2.25. The molecule has 0 spiro atoms. The fourth-order valence-corrected chi connectivity index (χ4v) is 1.90. The maximum Gasteiger partial charge on any atom is 0.472 e. The molecule has 8 nitrogen and oxygen atoms in total. The van der Waals surface area contributed by atoms with E-state index in [1.54, 1.807) is 0 Å². The van der Waals surface area contributed by atoms with Gasteiger partial charge in [0.05, 0.1) is 27.7 Å². The van der Waals surface area contributed by atoms with Crippen molar-refractivity contribution in [3.05, 3.63) is 10.4 Å². The number of quaternary nitrogens is 1. The molecule has 0 aromatic heterocycles. The Bertz CT molecular complexity index is 339. The molecule has 1 atom stereocenters. The summed E-state index contributed by atoms with van der Waals surface area (Å²) in [6.45, 7) is 1.40. The zero-order chi connectivity index (χ0) is 14.8. The molecule has 1 N–H and O–H groups in total. The van der Waals surface area contributed by atoms with Crippen molar-refractivity contribution >= 4 is 7.82 Å². The molecule has 112 valence electrons. The lowest BCUT2D eigenvalue weighted by Gasteiger charge is -2.24. The first-order valence-corrected chi connectivity index (χ1v) is 7.69. The van der Waals surface area contributed by atoms with Crippen LogP contribution in [-0.2, 0) is 13.6 Å². The minimum Gasteiger partial charge on any atom is -0.329 e. The third-order valence-electron chi connectivity index (χ3n) is 2.24. The molecule has 0 saturated heterocycles. The predicted octanol–water partition coefficient (Wildman–Crippen LogP) is 2.31. The third-order valence-corrected chi connectivity index (χ3v) is 3.25. The van der Waals surface area contributed by atoms with Gasteiger partial charge < -0.3 is 9.38 Å². The Kier molecular flexibility index (Phi) is 9.01. The van der Waals surface area contributed by atoms with Gasteiger partial charge in [0.15, 0.2) is 0 Å². The summed E-state index contributed by atoms with van der Waals surface area (Å²) in [6, 6.07) is 0. The number of phosphoric acid groups is 1. The summed E-state index contributed by atoms with van der Waals surface area (Å²) in [5.41, 5.74) is 8.06. The monoisotopic (exact) mass is 295 g/mol. The largest absolute Gasteiger partial charge is 0.472 e. The van der Waals surface area contributed by atoms with Crippen molar-refractivity contribution < 1.29 is 23.0 Å². The third kappa shape index (κ3) is 13.6. The summed E-state index contributed by atoms with van der Waals surface area (Å²) in [5, 5.41) is 3.39. The van der Waals surface area contributed by atoms with Crippen LogP contribution >= 0.6 is 7.82 Å². The second-order valence-electron chi connectivity index (χ2n) is 5.16. The van der Waals surface area contributed by atoms with Crippen molar-refractivity contribution in [2.45, 2.75) is 19.3 Å². The minimum absolute atomic E-state index is 0.161. The highest BCUT2D eigenvalue weighted by molar-refractivity contribution is 7.47. The molecule has 0 aliphatic carbocycles. The smallest absolute Gasteiger partial charge is 0.329 e. The maximum atomic E-state index is 11.5. The first-order valence-electron chi connectivity index (χ1n) is 6.20. The van der Waals surface area contributed by atoms with E-state index in [1.807, 2.05) is 21.1 Å². The number of azide groups is 1. The number of likely N-dealkylation sites (N-methyl/N-ethyl adjacent to an activating group) is 1. The summed E-state index contributed by atoms with van der Waals surface area (Å²) in [6.07, 6.45) is 2.15. The predicted molar refractivity (Wildman–Crippen MR) is 72.5 cm³/mol. The molecule has 0 rings (SSSR count). The lowest BCUT2D eigenvalue weighted by atomic mass is 10.2. The SMILES string of the molecule is C[N+](C)(C)CCOP(=O)(O)OCCCCCN=[N+]=[N-]. The first kappa shape index (κ1) is 18.4. The number of hydrogen-bond acceptors (Lipinski definition) is 4. The molecule has 0 amide bonds. The Morgan fingerprint density at radius 1 is 1.21 bits per heavy atom. The number of rotatable bonds is 11. The summed E-state index contributed by atoms with van der Waals surface area (Å²) < 4.78 is 21.8. The van der Waals surface area contributed by atoms with Gasteiger partial charge in [-0.05, 0) is 18.4 Å². The van der Waals surface area contributed by atoms with Gasteiger partial charge in [-0.15, -0.1) is 0 Å². The topological polar surface area (TPSA) is 105 Å². The van der Waals surface area contributed by atoms with Crippen molar-refractivity contribution in [2.24, 2.45) is 5.11 Å². The second kappa shape index (κ2) is 9.31. The molecule has 0 radical (unpaired) electrons. The summed E-state index contributed by atoms with van der Waals surface area (Å²) in [7, 11) is 1.97. The molecule has 0 fully saturated rings. The molecule has 0 bridgehead atoms. The number of unbranched alkanes of at least 4 members (excludes halogenated alkanes) is 2. The zero-order valence-corrected chi connectivity index (χ0v) is 12.8. The van der Waals surface area contributed by atoms with Gasteiger partial charge in [-0.3, -0.25) is 9.05 Å². The van der Waals surface area contributed by atoms with Gasteiger partial charge in [-0.2, -0.15) is 0 Å². The molecule has 0 heterocycles. The van der Waals surface area contributed by atoms with Gasteiger partial charge >= 0.3 is 7.82 Å². The van der Waals surface area contributed by atoms with Crippen molar-refractivity contribution in [3.63, 3.8) is 0 Å². The zero-order valence-electron chi connectivity index (χ0n) is 11.9. The van der Waals surface area contributed by atoms with E-state index in [0.717, 1.165) is 12.8 Å².